The number of ether oxygens (including phenoxy) is 3. The van der Waals surface area contributed by atoms with Gasteiger partial charge in [0.2, 0.25) is 0 Å². The molecule has 1 unspecified atom stereocenters. The molecular formula is C71H136O6. The topological polar surface area (TPSA) is 78.9 Å². The molecule has 1 atom stereocenters. The van der Waals surface area contributed by atoms with E-state index in [0.29, 0.717) is 19.3 Å². The third-order valence-corrected chi connectivity index (χ3v) is 16.3. The average molecular weight is 1090 g/mol. The molecule has 0 aliphatic rings. The largest absolute Gasteiger partial charge is 0.462 e. The quantitative estimate of drug-likeness (QED) is 0.0261. The normalized spacial score (nSPS) is 12.0. The fraction of sp³-hybridized carbons (Fsp3) is 0.930. The van der Waals surface area contributed by atoms with Crippen LogP contribution in [0.4, 0.5) is 0 Å². The number of unbranched alkanes of at least 4 members (excludes halogenated alkanes) is 53. The Morgan fingerprint density at radius 3 is 0.649 bits per heavy atom. The fourth-order valence-corrected chi connectivity index (χ4v) is 11.0. The molecule has 6 nitrogen and oxygen atoms in total. The molecule has 0 bridgehead atoms. The Morgan fingerprint density at radius 1 is 0.247 bits per heavy atom. The Bertz CT molecular complexity index is 1200. The lowest BCUT2D eigenvalue weighted by Crippen LogP contribution is -2.30. The number of hydrogen-bond donors (Lipinski definition) is 0. The number of allylic oxidation sites excluding steroid dienone is 2. The van der Waals surface area contributed by atoms with Crippen molar-refractivity contribution in [3.8, 4) is 0 Å². The SMILES string of the molecule is CCCCCCCCCC/C=C\CCCCCCCCCCCCCC(=O)OCC(COC(=O)CCCCCCCCCCCCCCC)OC(=O)CCCCCCCCCCCCCCCCCCCCCCCCC. The summed E-state index contributed by atoms with van der Waals surface area (Å²) in [5.74, 6) is -0.828. The minimum atomic E-state index is -0.766. The Hall–Kier alpha value is -1.85. The number of esters is 3. The lowest BCUT2D eigenvalue weighted by Gasteiger charge is -2.18. The van der Waals surface area contributed by atoms with E-state index in [1.54, 1.807) is 0 Å². The summed E-state index contributed by atoms with van der Waals surface area (Å²) in [6.45, 7) is 6.73. The molecule has 0 heterocycles. The van der Waals surface area contributed by atoms with Crippen LogP contribution in [0.3, 0.4) is 0 Å². The Balaban J connectivity index is 4.22. The molecule has 0 radical (unpaired) electrons. The monoisotopic (exact) mass is 1090 g/mol. The lowest BCUT2D eigenvalue weighted by molar-refractivity contribution is -0.167. The molecule has 0 N–H and O–H groups in total. The average Bonchev–Trinajstić information content (AvgIpc) is 3.43. The van der Waals surface area contributed by atoms with Gasteiger partial charge in [0.05, 0.1) is 0 Å². The van der Waals surface area contributed by atoms with Crippen molar-refractivity contribution in [2.45, 2.75) is 412 Å². The molecule has 0 spiro atoms. The van der Waals surface area contributed by atoms with E-state index in [1.165, 1.54) is 308 Å². The second kappa shape index (κ2) is 66.7. The number of rotatable bonds is 66. The molecule has 456 valence electrons. The second-order valence-corrected chi connectivity index (χ2v) is 24.2. The molecule has 0 aliphatic carbocycles. The maximum atomic E-state index is 12.9. The number of carbonyl (C=O) groups is 3. The van der Waals surface area contributed by atoms with Crippen molar-refractivity contribution in [2.24, 2.45) is 0 Å². The summed E-state index contributed by atoms with van der Waals surface area (Å²) in [6, 6.07) is 0. The van der Waals surface area contributed by atoms with E-state index < -0.39 is 6.10 Å². The Labute approximate surface area is 481 Å². The molecule has 0 aliphatic heterocycles. The van der Waals surface area contributed by atoms with Crippen LogP contribution in [0.1, 0.15) is 406 Å². The fourth-order valence-electron chi connectivity index (χ4n) is 11.0. The van der Waals surface area contributed by atoms with Gasteiger partial charge < -0.3 is 14.2 Å². The highest BCUT2D eigenvalue weighted by atomic mass is 16.6. The van der Waals surface area contributed by atoms with Gasteiger partial charge in [-0.1, -0.05) is 354 Å². The van der Waals surface area contributed by atoms with Crippen LogP contribution in [0.15, 0.2) is 12.2 Å². The Morgan fingerprint density at radius 2 is 0.429 bits per heavy atom. The number of carbonyl (C=O) groups excluding carboxylic acids is 3. The zero-order chi connectivity index (χ0) is 55.7. The van der Waals surface area contributed by atoms with Crippen molar-refractivity contribution >= 4 is 17.9 Å². The van der Waals surface area contributed by atoms with Gasteiger partial charge in [0.25, 0.3) is 0 Å². The van der Waals surface area contributed by atoms with Crippen molar-refractivity contribution in [1.29, 1.82) is 0 Å². The standard InChI is InChI=1S/C71H136O6/c1-4-7-10-13-16-19-22-25-27-29-31-33-35-37-39-41-43-46-49-52-55-58-61-64-70(73)76-67-68(66-75-69(72)63-60-57-54-51-48-45-24-21-18-15-12-9-6-3)77-71(74)65-62-59-56-53-50-47-44-42-40-38-36-34-32-30-28-26-23-20-17-14-11-8-5-2/h29,31,68H,4-28,30,32-67H2,1-3H3/b31-29-. The van der Waals surface area contributed by atoms with E-state index in [-0.39, 0.29) is 31.1 Å². The molecule has 0 aromatic carbocycles. The van der Waals surface area contributed by atoms with E-state index in [4.69, 9.17) is 14.2 Å². The van der Waals surface area contributed by atoms with E-state index in [1.807, 2.05) is 0 Å². The molecule has 0 rings (SSSR count). The second-order valence-electron chi connectivity index (χ2n) is 24.2. The highest BCUT2D eigenvalue weighted by Gasteiger charge is 2.19. The predicted octanol–water partition coefficient (Wildman–Crippen LogP) is 24.0. The van der Waals surface area contributed by atoms with Crippen molar-refractivity contribution in [2.75, 3.05) is 13.2 Å². The van der Waals surface area contributed by atoms with Crippen LogP contribution >= 0.6 is 0 Å². The summed E-state index contributed by atoms with van der Waals surface area (Å²) in [5, 5.41) is 0. The van der Waals surface area contributed by atoms with Gasteiger partial charge in [-0.2, -0.15) is 0 Å². The summed E-state index contributed by atoms with van der Waals surface area (Å²) in [4.78, 5) is 38.4. The molecule has 0 aromatic rings. The van der Waals surface area contributed by atoms with Crippen LogP contribution < -0.4 is 0 Å². The van der Waals surface area contributed by atoms with E-state index in [2.05, 4.69) is 32.9 Å². The maximum Gasteiger partial charge on any atom is 0.306 e. The number of hydrogen-bond acceptors (Lipinski definition) is 6. The van der Waals surface area contributed by atoms with Gasteiger partial charge in [-0.25, -0.2) is 0 Å². The highest BCUT2D eigenvalue weighted by molar-refractivity contribution is 5.71. The summed E-state index contributed by atoms with van der Waals surface area (Å²) in [6.07, 6.45) is 79.5. The van der Waals surface area contributed by atoms with Crippen molar-refractivity contribution in [1.82, 2.24) is 0 Å². The molecule has 0 amide bonds. The first-order valence-electron chi connectivity index (χ1n) is 35.2. The van der Waals surface area contributed by atoms with Crippen LogP contribution in [0.2, 0.25) is 0 Å². The van der Waals surface area contributed by atoms with Crippen molar-refractivity contribution in [3.05, 3.63) is 12.2 Å². The molecule has 6 heteroatoms. The van der Waals surface area contributed by atoms with Gasteiger partial charge >= 0.3 is 17.9 Å². The maximum absolute atomic E-state index is 12.9. The van der Waals surface area contributed by atoms with Gasteiger partial charge in [-0.05, 0) is 44.9 Å². The van der Waals surface area contributed by atoms with Gasteiger partial charge in [-0.3, -0.25) is 14.4 Å². The minimum Gasteiger partial charge on any atom is -0.462 e. The van der Waals surface area contributed by atoms with E-state index >= 15 is 0 Å². The third kappa shape index (κ3) is 64.9. The molecule has 0 saturated heterocycles. The summed E-state index contributed by atoms with van der Waals surface area (Å²) >= 11 is 0. The third-order valence-electron chi connectivity index (χ3n) is 16.3. The first kappa shape index (κ1) is 75.2. The summed E-state index contributed by atoms with van der Waals surface area (Å²) < 4.78 is 17.0. The predicted molar refractivity (Wildman–Crippen MR) is 335 cm³/mol. The van der Waals surface area contributed by atoms with Crippen molar-refractivity contribution < 1.29 is 28.6 Å². The van der Waals surface area contributed by atoms with Gasteiger partial charge in [-0.15, -0.1) is 0 Å². The summed E-state index contributed by atoms with van der Waals surface area (Å²) in [7, 11) is 0. The Kier molecular flexibility index (Phi) is 65.1. The van der Waals surface area contributed by atoms with Crippen molar-refractivity contribution in [3.63, 3.8) is 0 Å². The van der Waals surface area contributed by atoms with Gasteiger partial charge in [0.1, 0.15) is 13.2 Å². The highest BCUT2D eigenvalue weighted by Crippen LogP contribution is 2.19. The molecule has 0 fully saturated rings. The smallest absolute Gasteiger partial charge is 0.306 e. The molecule has 77 heavy (non-hydrogen) atoms. The lowest BCUT2D eigenvalue weighted by atomic mass is 10.0. The minimum absolute atomic E-state index is 0.0630. The molecular weight excluding hydrogens is 949 g/mol. The van der Waals surface area contributed by atoms with E-state index in [0.717, 1.165) is 57.8 Å². The van der Waals surface area contributed by atoms with E-state index in [9.17, 15) is 14.4 Å². The van der Waals surface area contributed by atoms with Crippen LogP contribution in [-0.4, -0.2) is 37.2 Å². The van der Waals surface area contributed by atoms with Crippen LogP contribution in [-0.2, 0) is 28.6 Å². The molecule has 0 aromatic heterocycles. The van der Waals surface area contributed by atoms with Crippen LogP contribution in [0, 0.1) is 0 Å². The summed E-state index contributed by atoms with van der Waals surface area (Å²) in [5.41, 5.74) is 0. The first-order valence-corrected chi connectivity index (χ1v) is 35.2. The van der Waals surface area contributed by atoms with Crippen LogP contribution in [0.5, 0.6) is 0 Å². The molecule has 0 saturated carbocycles. The zero-order valence-corrected chi connectivity index (χ0v) is 52.5. The first-order chi connectivity index (χ1) is 38.0. The van der Waals surface area contributed by atoms with Gasteiger partial charge in [0.15, 0.2) is 6.10 Å². The van der Waals surface area contributed by atoms with Gasteiger partial charge in [0, 0.05) is 19.3 Å². The van der Waals surface area contributed by atoms with Crippen LogP contribution in [0.25, 0.3) is 0 Å². The zero-order valence-electron chi connectivity index (χ0n) is 52.5.